The molecule has 0 spiro atoms. The van der Waals surface area contributed by atoms with E-state index in [4.69, 9.17) is 14.8 Å². The fourth-order valence-electron chi connectivity index (χ4n) is 2.50. The molecule has 26 heavy (non-hydrogen) atoms. The first-order chi connectivity index (χ1) is 12.1. The molecule has 0 bridgehead atoms. The Kier molecular flexibility index (Phi) is 13.6. The zero-order valence-electron chi connectivity index (χ0n) is 15.4. The molecular weight excluding hydrogens is 386 g/mol. The fraction of sp³-hybridized carbons (Fsp3) is 1.00. The molecule has 0 rings (SSSR count). The maximum atomic E-state index is 11.1. The molecule has 0 heterocycles. The van der Waals surface area contributed by atoms with Gasteiger partial charge in [-0.25, -0.2) is 13.1 Å². The Morgan fingerprint density at radius 2 is 1.23 bits per heavy atom. The second-order valence-corrected chi connectivity index (χ2v) is 9.55. The summed E-state index contributed by atoms with van der Waals surface area (Å²) in [6.07, 6.45) is 2.71. The van der Waals surface area contributed by atoms with E-state index < -0.39 is 20.1 Å². The first-order valence-electron chi connectivity index (χ1n) is 8.63. The van der Waals surface area contributed by atoms with Gasteiger partial charge in [0.05, 0.1) is 25.2 Å². The third kappa shape index (κ3) is 17.1. The van der Waals surface area contributed by atoms with Crippen LogP contribution in [0.1, 0.15) is 19.3 Å². The van der Waals surface area contributed by atoms with E-state index in [9.17, 15) is 16.8 Å². The van der Waals surface area contributed by atoms with Crippen LogP contribution in [0.5, 0.6) is 0 Å². The molecule has 0 aliphatic rings. The highest BCUT2D eigenvalue weighted by Gasteiger charge is 2.11. The van der Waals surface area contributed by atoms with Gasteiger partial charge in [0.2, 0.25) is 10.0 Å². The van der Waals surface area contributed by atoms with Gasteiger partial charge in [-0.1, -0.05) is 0 Å². The van der Waals surface area contributed by atoms with Crippen LogP contribution < -0.4 is 4.72 Å². The van der Waals surface area contributed by atoms with E-state index in [-0.39, 0.29) is 25.4 Å². The molecule has 10 nitrogen and oxygen atoms in total. The molecule has 0 aromatic heterocycles. The lowest BCUT2D eigenvalue weighted by Crippen LogP contribution is -2.35. The summed E-state index contributed by atoms with van der Waals surface area (Å²) in [5.41, 5.74) is 0. The number of sulfonamides is 1. The molecule has 0 fully saturated rings. The van der Waals surface area contributed by atoms with Crippen LogP contribution in [0.2, 0.25) is 0 Å². The Labute approximate surface area is 157 Å². The van der Waals surface area contributed by atoms with Crippen molar-refractivity contribution in [3.63, 3.8) is 0 Å². The minimum Gasteiger partial charge on any atom is -0.395 e. The lowest BCUT2D eigenvalue weighted by molar-refractivity contribution is 0.153. The number of rotatable bonds is 17. The Morgan fingerprint density at radius 3 is 1.69 bits per heavy atom. The summed E-state index contributed by atoms with van der Waals surface area (Å²) in [6.45, 7) is 3.67. The summed E-state index contributed by atoms with van der Waals surface area (Å²) < 4.78 is 55.0. The molecule has 0 unspecified atom stereocenters. The van der Waals surface area contributed by atoms with Gasteiger partial charge in [0, 0.05) is 19.6 Å². The van der Waals surface area contributed by atoms with Crippen molar-refractivity contribution in [3.05, 3.63) is 0 Å². The zero-order valence-corrected chi connectivity index (χ0v) is 17.0. The van der Waals surface area contributed by atoms with Crippen molar-refractivity contribution in [1.82, 2.24) is 14.5 Å². The van der Waals surface area contributed by atoms with Crippen molar-refractivity contribution < 1.29 is 31.6 Å². The van der Waals surface area contributed by atoms with Crippen molar-refractivity contribution in [1.29, 1.82) is 0 Å². The molecule has 0 radical (unpaired) electrons. The minimum atomic E-state index is -4.00. The van der Waals surface area contributed by atoms with Crippen LogP contribution in [0.15, 0.2) is 0 Å². The quantitative estimate of drug-likeness (QED) is 0.158. The van der Waals surface area contributed by atoms with Crippen LogP contribution in [-0.4, -0.2) is 112 Å². The van der Waals surface area contributed by atoms with E-state index in [0.29, 0.717) is 52.2 Å². The van der Waals surface area contributed by atoms with Crippen LogP contribution in [-0.2, 0) is 20.1 Å². The van der Waals surface area contributed by atoms with Crippen LogP contribution >= 0.6 is 0 Å². The SMILES string of the molecule is CS(=O)(=O)NCCCN(CCCN(CCO)CCO)CCCS(=O)(=O)O. The van der Waals surface area contributed by atoms with Gasteiger partial charge in [0.25, 0.3) is 10.1 Å². The average molecular weight is 420 g/mol. The summed E-state index contributed by atoms with van der Waals surface area (Å²) in [5.74, 6) is -0.313. The van der Waals surface area contributed by atoms with E-state index in [1.807, 2.05) is 9.80 Å². The largest absolute Gasteiger partial charge is 0.395 e. The third-order valence-corrected chi connectivity index (χ3v) is 5.21. The van der Waals surface area contributed by atoms with Gasteiger partial charge < -0.3 is 15.1 Å². The molecule has 4 N–H and O–H groups in total. The van der Waals surface area contributed by atoms with Gasteiger partial charge in [-0.05, 0) is 45.4 Å². The standard InChI is InChI=1S/C14H33N3O7S2/c1-25(20,21)15-5-2-6-16(9-4-14-26(22,23)24)7-3-8-17(10-12-18)11-13-19/h15,18-19H,2-14H2,1H3,(H,22,23,24). The van der Waals surface area contributed by atoms with Crippen molar-refractivity contribution in [3.8, 4) is 0 Å². The molecule has 0 amide bonds. The van der Waals surface area contributed by atoms with Crippen LogP contribution in [0.4, 0.5) is 0 Å². The van der Waals surface area contributed by atoms with Crippen LogP contribution in [0.3, 0.4) is 0 Å². The number of nitrogens with zero attached hydrogens (tertiary/aromatic N) is 2. The highest BCUT2D eigenvalue weighted by atomic mass is 32.2. The van der Waals surface area contributed by atoms with Crippen molar-refractivity contribution in [2.75, 3.05) is 71.0 Å². The van der Waals surface area contributed by atoms with Gasteiger partial charge in [-0.3, -0.25) is 9.45 Å². The second-order valence-electron chi connectivity index (χ2n) is 6.14. The number of aliphatic hydroxyl groups excluding tert-OH is 2. The maximum Gasteiger partial charge on any atom is 0.264 e. The number of aliphatic hydroxyl groups is 2. The summed E-state index contributed by atoms with van der Waals surface area (Å²) in [4.78, 5) is 3.95. The smallest absolute Gasteiger partial charge is 0.264 e. The average Bonchev–Trinajstić information content (AvgIpc) is 2.49. The van der Waals surface area contributed by atoms with E-state index in [1.54, 1.807) is 0 Å². The summed E-state index contributed by atoms with van der Waals surface area (Å²) in [6, 6.07) is 0. The molecule has 0 saturated carbocycles. The van der Waals surface area contributed by atoms with E-state index >= 15 is 0 Å². The molecule has 0 atom stereocenters. The van der Waals surface area contributed by atoms with Gasteiger partial charge >= 0.3 is 0 Å². The van der Waals surface area contributed by atoms with Gasteiger partial charge in [0.1, 0.15) is 0 Å². The van der Waals surface area contributed by atoms with Crippen molar-refractivity contribution in [2.45, 2.75) is 19.3 Å². The Morgan fingerprint density at radius 1 is 0.769 bits per heavy atom. The third-order valence-electron chi connectivity index (χ3n) is 3.67. The fourth-order valence-corrected chi connectivity index (χ4v) is 3.51. The summed E-state index contributed by atoms with van der Waals surface area (Å²) in [5, 5.41) is 18.0. The van der Waals surface area contributed by atoms with Gasteiger partial charge in [-0.2, -0.15) is 8.42 Å². The van der Waals surface area contributed by atoms with Gasteiger partial charge in [-0.15, -0.1) is 0 Å². The monoisotopic (exact) mass is 419 g/mol. The van der Waals surface area contributed by atoms with Crippen molar-refractivity contribution >= 4 is 20.1 Å². The van der Waals surface area contributed by atoms with Crippen LogP contribution in [0, 0.1) is 0 Å². The molecule has 0 aromatic carbocycles. The van der Waals surface area contributed by atoms with E-state index in [2.05, 4.69) is 4.72 Å². The second kappa shape index (κ2) is 13.8. The molecule has 12 heteroatoms. The summed E-state index contributed by atoms with van der Waals surface area (Å²) in [7, 11) is -7.23. The predicted octanol–water partition coefficient (Wildman–Crippen LogP) is -1.82. The zero-order chi connectivity index (χ0) is 20.1. The van der Waals surface area contributed by atoms with Gasteiger partial charge in [0.15, 0.2) is 0 Å². The number of hydrogen-bond acceptors (Lipinski definition) is 8. The Hall–Kier alpha value is -0.340. The molecular formula is C14H33N3O7S2. The number of hydrogen-bond donors (Lipinski definition) is 4. The number of nitrogens with one attached hydrogen (secondary N) is 1. The molecule has 158 valence electrons. The Bertz CT molecular complexity index is 549. The Balaban J connectivity index is 4.36. The molecule has 0 aliphatic heterocycles. The maximum absolute atomic E-state index is 11.1. The topological polar surface area (TPSA) is 147 Å². The minimum absolute atomic E-state index is 0.00916. The van der Waals surface area contributed by atoms with E-state index in [1.165, 1.54) is 0 Å². The highest BCUT2D eigenvalue weighted by molar-refractivity contribution is 7.88. The molecule has 0 saturated heterocycles. The lowest BCUT2D eigenvalue weighted by Gasteiger charge is -2.25. The van der Waals surface area contributed by atoms with Crippen molar-refractivity contribution in [2.24, 2.45) is 0 Å². The predicted molar refractivity (Wildman–Crippen MR) is 100 cm³/mol. The molecule has 0 aliphatic carbocycles. The normalized spacial score (nSPS) is 13.0. The van der Waals surface area contributed by atoms with E-state index in [0.717, 1.165) is 12.7 Å². The van der Waals surface area contributed by atoms with Crippen LogP contribution in [0.25, 0.3) is 0 Å². The first kappa shape index (κ1) is 25.7. The highest BCUT2D eigenvalue weighted by Crippen LogP contribution is 2.01. The first-order valence-corrected chi connectivity index (χ1v) is 12.1. The summed E-state index contributed by atoms with van der Waals surface area (Å²) >= 11 is 0. The molecule has 0 aromatic rings. The lowest BCUT2D eigenvalue weighted by atomic mass is 10.3.